The van der Waals surface area contributed by atoms with Crippen LogP contribution >= 0.6 is 0 Å². The summed E-state index contributed by atoms with van der Waals surface area (Å²) >= 11 is 0. The van der Waals surface area contributed by atoms with Gasteiger partial charge in [-0.3, -0.25) is 14.5 Å². The lowest BCUT2D eigenvalue weighted by Gasteiger charge is -2.53. The minimum absolute atomic E-state index is 0.00132. The third-order valence-electron chi connectivity index (χ3n) is 9.94. The highest BCUT2D eigenvalue weighted by Gasteiger charge is 2.65. The number of hydrogen-bond acceptors (Lipinski definition) is 8. The van der Waals surface area contributed by atoms with Crippen LogP contribution in [-0.2, 0) is 29.7 Å². The smallest absolute Gasteiger partial charge is 0.380 e. The van der Waals surface area contributed by atoms with Gasteiger partial charge >= 0.3 is 12.4 Å². The van der Waals surface area contributed by atoms with Crippen LogP contribution in [0.2, 0.25) is 0 Å². The molecule has 0 bridgehead atoms. The minimum atomic E-state index is -5.05. The van der Waals surface area contributed by atoms with Crippen LogP contribution in [0.15, 0.2) is 65.8 Å². The summed E-state index contributed by atoms with van der Waals surface area (Å²) in [5.41, 5.74) is -4.68. The molecule has 51 heavy (non-hydrogen) atoms. The molecule has 4 aromatic rings. The van der Waals surface area contributed by atoms with E-state index in [4.69, 9.17) is 0 Å². The second kappa shape index (κ2) is 11.8. The molecule has 1 aromatic carbocycles. The number of pyridine rings is 1. The van der Waals surface area contributed by atoms with Gasteiger partial charge in [0.2, 0.25) is 0 Å². The predicted molar refractivity (Wildman–Crippen MR) is 163 cm³/mol. The van der Waals surface area contributed by atoms with Crippen LogP contribution < -0.4 is 0 Å². The van der Waals surface area contributed by atoms with E-state index in [-0.39, 0.29) is 25.7 Å². The van der Waals surface area contributed by atoms with E-state index in [1.165, 1.54) is 42.2 Å². The molecule has 0 spiro atoms. The molecule has 0 amide bonds. The number of ketones is 1. The average molecular weight is 740 g/mol. The lowest BCUT2D eigenvalue weighted by molar-refractivity contribution is -0.297. The van der Waals surface area contributed by atoms with Gasteiger partial charge in [0.25, 0.3) is 15.2 Å². The largest absolute Gasteiger partial charge is 0.417 e. The van der Waals surface area contributed by atoms with E-state index in [2.05, 4.69) is 20.2 Å². The molecule has 19 heteroatoms. The summed E-state index contributed by atoms with van der Waals surface area (Å²) in [4.78, 5) is 22.4. The topological polar surface area (TPSA) is 136 Å². The number of benzene rings is 1. The first-order valence-corrected chi connectivity index (χ1v) is 17.1. The Hall–Kier alpha value is -4.49. The number of carbonyl (C=O) groups is 1. The molecule has 0 saturated heterocycles. The number of Topliss-reactive ketones (excluding diaryl/α,β-unsaturated/α-hetero) is 1. The zero-order chi connectivity index (χ0) is 36.7. The molecular formula is C32H28F7N7O4S. The Morgan fingerprint density at radius 3 is 2.35 bits per heavy atom. The summed E-state index contributed by atoms with van der Waals surface area (Å²) in [6, 6.07) is 4.17. The summed E-state index contributed by atoms with van der Waals surface area (Å²) in [6.45, 7) is 0. The molecule has 270 valence electrons. The van der Waals surface area contributed by atoms with Crippen molar-refractivity contribution in [2.75, 3.05) is 0 Å². The predicted octanol–water partition coefficient (Wildman–Crippen LogP) is 5.06. The quantitative estimate of drug-likeness (QED) is 0.205. The van der Waals surface area contributed by atoms with Crippen molar-refractivity contribution < 1.29 is 49.1 Å². The van der Waals surface area contributed by atoms with Gasteiger partial charge in [0.05, 0.1) is 28.6 Å². The highest BCUT2D eigenvalue weighted by atomic mass is 32.2. The summed E-state index contributed by atoms with van der Waals surface area (Å²) in [6.07, 6.45) is -7.39. The van der Waals surface area contributed by atoms with Crippen molar-refractivity contribution in [3.63, 3.8) is 0 Å². The highest BCUT2D eigenvalue weighted by molar-refractivity contribution is 7.89. The summed E-state index contributed by atoms with van der Waals surface area (Å²) < 4.78 is 128. The fourth-order valence-corrected chi connectivity index (χ4v) is 9.13. The number of rotatable bonds is 7. The number of alkyl halides is 6. The van der Waals surface area contributed by atoms with Crippen LogP contribution in [0, 0.1) is 11.2 Å². The van der Waals surface area contributed by atoms with Crippen molar-refractivity contribution in [2.45, 2.75) is 73.7 Å². The normalized spacial score (nSPS) is 25.2. The maximum Gasteiger partial charge on any atom is 0.417 e. The lowest BCUT2D eigenvalue weighted by Crippen LogP contribution is -2.65. The third-order valence-corrected chi connectivity index (χ3v) is 11.7. The van der Waals surface area contributed by atoms with Crippen LogP contribution in [0.5, 0.6) is 0 Å². The van der Waals surface area contributed by atoms with Crippen LogP contribution in [0.1, 0.15) is 59.4 Å². The van der Waals surface area contributed by atoms with Gasteiger partial charge in [-0.1, -0.05) is 5.57 Å². The molecule has 3 aromatic heterocycles. The Balaban J connectivity index is 1.34. The molecule has 3 aliphatic carbocycles. The summed E-state index contributed by atoms with van der Waals surface area (Å²) in [7, 11) is -3.35. The number of halogens is 7. The molecule has 7 rings (SSSR count). The molecule has 1 N–H and O–H groups in total. The van der Waals surface area contributed by atoms with Gasteiger partial charge in [-0.15, -0.1) is 5.10 Å². The molecule has 3 aliphatic rings. The number of carbonyl (C=O) groups excluding carboxylic acids is 1. The zero-order valence-electron chi connectivity index (χ0n) is 26.5. The highest BCUT2D eigenvalue weighted by Crippen LogP contribution is 2.54. The Labute approximate surface area is 285 Å². The number of sulfonamides is 1. The van der Waals surface area contributed by atoms with Crippen LogP contribution in [0.4, 0.5) is 30.7 Å². The van der Waals surface area contributed by atoms with Gasteiger partial charge in [-0.2, -0.15) is 35.7 Å². The third kappa shape index (κ3) is 5.84. The van der Waals surface area contributed by atoms with Crippen molar-refractivity contribution >= 4 is 21.9 Å². The SMILES string of the molecule is Cn1cnc(S(=O)(=O)N(C2CC(O)(C(F)(F)F)C2)[C@H]2CCC3=Cc4c(cnn4-c4ccc(F)cc4)C[C@]3(C(=O)c3cc(C(F)(F)F)ccn3)C2)n1. The number of fused-ring (bicyclic) bond motifs is 2. The van der Waals surface area contributed by atoms with Crippen molar-refractivity contribution in [3.05, 3.63) is 89.0 Å². The molecule has 2 saturated carbocycles. The number of aryl methyl sites for hydroxylation is 1. The van der Waals surface area contributed by atoms with E-state index in [0.717, 1.165) is 21.5 Å². The van der Waals surface area contributed by atoms with E-state index in [0.29, 0.717) is 34.7 Å². The maximum atomic E-state index is 14.6. The van der Waals surface area contributed by atoms with Crippen molar-refractivity contribution in [1.29, 1.82) is 0 Å². The minimum Gasteiger partial charge on any atom is -0.380 e. The fourth-order valence-electron chi connectivity index (χ4n) is 7.42. The van der Waals surface area contributed by atoms with Crippen molar-refractivity contribution in [1.82, 2.24) is 33.8 Å². The van der Waals surface area contributed by atoms with Gasteiger partial charge in [0.1, 0.15) is 17.8 Å². The maximum absolute atomic E-state index is 14.6. The number of nitrogens with zero attached hydrogens (tertiary/aromatic N) is 7. The first kappa shape index (κ1) is 34.9. The van der Waals surface area contributed by atoms with Gasteiger partial charge in [0.15, 0.2) is 11.4 Å². The molecule has 0 unspecified atom stereocenters. The fraction of sp³-hybridized carbons (Fsp3) is 0.406. The first-order valence-electron chi connectivity index (χ1n) is 15.6. The number of aromatic nitrogens is 6. The second-order valence-electron chi connectivity index (χ2n) is 13.2. The molecule has 0 aliphatic heterocycles. The number of allylic oxidation sites excluding steroid dienone is 1. The standard InChI is InChI=1S/C32H28F7N7O4S/c1-44-17-41-28(43-44)51(49,50)46(24-14-30(48,15-24)32(37,38)39)23-5-2-19-11-26-18(16-42-45(26)22-6-3-21(33)4-7-22)12-29(19,13-23)27(47)25-10-20(8-9-40-25)31(34,35)36/h3-4,6-11,16-17,23-24,48H,2,5,12-15H2,1H3/t23-,24?,29-,30?/m0/s1. The first-order chi connectivity index (χ1) is 23.8. The van der Waals surface area contributed by atoms with Gasteiger partial charge < -0.3 is 5.11 Å². The Bertz CT molecular complexity index is 2160. The van der Waals surface area contributed by atoms with Crippen LogP contribution in [0.25, 0.3) is 11.8 Å². The van der Waals surface area contributed by atoms with Crippen LogP contribution in [0.3, 0.4) is 0 Å². The number of hydrogen-bond donors (Lipinski definition) is 1. The van der Waals surface area contributed by atoms with Crippen molar-refractivity contribution in [3.8, 4) is 5.69 Å². The monoisotopic (exact) mass is 739 g/mol. The van der Waals surface area contributed by atoms with Gasteiger partial charge in [-0.05, 0) is 73.7 Å². The summed E-state index contributed by atoms with van der Waals surface area (Å²) in [5.74, 6) is -1.34. The molecule has 2 atom stereocenters. The molecular weight excluding hydrogens is 711 g/mol. The zero-order valence-corrected chi connectivity index (χ0v) is 27.3. The Morgan fingerprint density at radius 1 is 1.02 bits per heavy atom. The van der Waals surface area contributed by atoms with Gasteiger partial charge in [-0.25, -0.2) is 22.5 Å². The van der Waals surface area contributed by atoms with E-state index in [1.54, 1.807) is 6.08 Å². The molecule has 3 heterocycles. The molecule has 11 nitrogen and oxygen atoms in total. The lowest BCUT2D eigenvalue weighted by atomic mass is 9.60. The average Bonchev–Trinajstić information content (AvgIpc) is 3.68. The van der Waals surface area contributed by atoms with Gasteiger partial charge in [0, 0.05) is 38.2 Å². The molecule has 0 radical (unpaired) electrons. The van der Waals surface area contributed by atoms with E-state index < -0.39 is 86.3 Å². The van der Waals surface area contributed by atoms with E-state index in [1.807, 2.05) is 0 Å². The Morgan fingerprint density at radius 2 is 1.73 bits per heavy atom. The van der Waals surface area contributed by atoms with E-state index >= 15 is 0 Å². The Kier molecular flexibility index (Phi) is 8.07. The van der Waals surface area contributed by atoms with Crippen molar-refractivity contribution in [2.24, 2.45) is 12.5 Å². The summed E-state index contributed by atoms with van der Waals surface area (Å²) in [5, 5.41) is 17.9. The second-order valence-corrected chi connectivity index (χ2v) is 14.9. The number of aliphatic hydroxyl groups is 1. The molecule has 2 fully saturated rings. The van der Waals surface area contributed by atoms with E-state index in [9.17, 15) is 49.1 Å². The van der Waals surface area contributed by atoms with Crippen LogP contribution in [-0.4, -0.2) is 77.0 Å².